The zero-order valence-corrected chi connectivity index (χ0v) is 18.8. The van der Waals surface area contributed by atoms with Crippen molar-refractivity contribution in [1.29, 1.82) is 0 Å². The van der Waals surface area contributed by atoms with E-state index >= 15 is 0 Å². The molecule has 0 fully saturated rings. The number of nitrogens with zero attached hydrogens (tertiary/aromatic N) is 1. The molecule has 7 nitrogen and oxygen atoms in total. The largest absolute Gasteiger partial charge is 0.329 e. The Morgan fingerprint density at radius 1 is 0.906 bits per heavy atom. The maximum absolute atomic E-state index is 13.2. The zero-order valence-electron chi connectivity index (χ0n) is 17.2. The van der Waals surface area contributed by atoms with Crippen molar-refractivity contribution in [2.45, 2.75) is 17.4 Å². The summed E-state index contributed by atoms with van der Waals surface area (Å²) < 4.78 is 26.9. The lowest BCUT2D eigenvalue weighted by molar-refractivity contribution is -0.120. The van der Waals surface area contributed by atoms with E-state index in [1.807, 2.05) is 35.1 Å². The molecular weight excluding hydrogens is 450 g/mol. The first-order chi connectivity index (χ1) is 15.3. The lowest BCUT2D eigenvalue weighted by atomic mass is 10.0. The van der Waals surface area contributed by atoms with Gasteiger partial charge in [-0.2, -0.15) is 0 Å². The molecule has 3 aromatic carbocycles. The minimum absolute atomic E-state index is 0.0561. The molecule has 166 valence electrons. The van der Waals surface area contributed by atoms with Crippen LogP contribution in [0, 0.1) is 0 Å². The molecule has 0 bridgehead atoms. The second kappa shape index (κ2) is 10.3. The fourth-order valence-electron chi connectivity index (χ4n) is 3.04. The van der Waals surface area contributed by atoms with Crippen molar-refractivity contribution in [1.82, 2.24) is 10.0 Å². The van der Waals surface area contributed by atoms with Crippen molar-refractivity contribution in [3.63, 3.8) is 0 Å². The van der Waals surface area contributed by atoms with Crippen molar-refractivity contribution < 1.29 is 18.0 Å². The molecule has 1 atom stereocenters. The third-order valence-corrected chi connectivity index (χ3v) is 6.31. The average Bonchev–Trinajstić information content (AvgIpc) is 2.79. The smallest absolute Gasteiger partial charge is 0.325 e. The molecule has 3 amide bonds. The Kier molecular flexibility index (Phi) is 7.50. The number of amides is 3. The molecule has 1 unspecified atom stereocenters. The molecule has 9 heteroatoms. The van der Waals surface area contributed by atoms with Crippen LogP contribution in [0.1, 0.15) is 5.56 Å². The number of halogens is 1. The number of carbonyl (C=O) groups is 2. The van der Waals surface area contributed by atoms with Crippen LogP contribution in [0.2, 0.25) is 5.02 Å². The molecule has 0 aliphatic rings. The van der Waals surface area contributed by atoms with Crippen LogP contribution in [0.3, 0.4) is 0 Å². The molecule has 0 saturated heterocycles. The van der Waals surface area contributed by atoms with E-state index in [1.165, 1.54) is 17.0 Å². The van der Waals surface area contributed by atoms with Gasteiger partial charge >= 0.3 is 6.03 Å². The highest BCUT2D eigenvalue weighted by atomic mass is 35.5. The van der Waals surface area contributed by atoms with Crippen molar-refractivity contribution in [3.05, 3.63) is 95.5 Å². The molecule has 0 aromatic heterocycles. The second-order valence-corrected chi connectivity index (χ2v) is 9.13. The van der Waals surface area contributed by atoms with Gasteiger partial charge in [0.15, 0.2) is 0 Å². The SMILES string of the molecule is CN(C(=O)C(Cc1ccccc1)NC(=O)NS(=O)(=O)c1ccccc1)c1ccc(Cl)cc1. The fourth-order valence-corrected chi connectivity index (χ4v) is 4.11. The van der Waals surface area contributed by atoms with Gasteiger partial charge in [-0.15, -0.1) is 0 Å². The quantitative estimate of drug-likeness (QED) is 0.550. The van der Waals surface area contributed by atoms with Gasteiger partial charge in [0.1, 0.15) is 6.04 Å². The first-order valence-corrected chi connectivity index (χ1v) is 11.6. The molecule has 3 aromatic rings. The van der Waals surface area contributed by atoms with Crippen molar-refractivity contribution in [2.24, 2.45) is 0 Å². The highest BCUT2D eigenvalue weighted by molar-refractivity contribution is 7.90. The Bertz CT molecular complexity index is 1170. The topological polar surface area (TPSA) is 95.6 Å². The van der Waals surface area contributed by atoms with Gasteiger partial charge in [-0.1, -0.05) is 60.1 Å². The molecule has 32 heavy (non-hydrogen) atoms. The van der Waals surface area contributed by atoms with Gasteiger partial charge in [-0.25, -0.2) is 17.9 Å². The number of nitrogens with one attached hydrogen (secondary N) is 2. The Morgan fingerprint density at radius 2 is 1.47 bits per heavy atom. The van der Waals surface area contributed by atoms with Crippen LogP contribution in [0.15, 0.2) is 89.8 Å². The summed E-state index contributed by atoms with van der Waals surface area (Å²) in [5.41, 5.74) is 1.39. The van der Waals surface area contributed by atoms with Gasteiger partial charge in [-0.05, 0) is 42.0 Å². The summed E-state index contributed by atoms with van der Waals surface area (Å²) in [6.07, 6.45) is 0.177. The molecule has 0 aliphatic carbocycles. The van der Waals surface area contributed by atoms with Gasteiger partial charge in [-0.3, -0.25) is 4.79 Å². The van der Waals surface area contributed by atoms with Crippen LogP contribution in [0.25, 0.3) is 0 Å². The van der Waals surface area contributed by atoms with Crippen molar-refractivity contribution in [2.75, 3.05) is 11.9 Å². The van der Waals surface area contributed by atoms with E-state index < -0.39 is 28.0 Å². The number of benzene rings is 3. The lowest BCUT2D eigenvalue weighted by Gasteiger charge is -2.25. The number of sulfonamides is 1. The summed E-state index contributed by atoms with van der Waals surface area (Å²) in [6.45, 7) is 0. The summed E-state index contributed by atoms with van der Waals surface area (Å²) in [7, 11) is -2.51. The number of anilines is 1. The number of likely N-dealkylation sites (N-methyl/N-ethyl adjacent to an activating group) is 1. The van der Waals surface area contributed by atoms with Gasteiger partial charge < -0.3 is 10.2 Å². The van der Waals surface area contributed by atoms with Gasteiger partial charge in [0.25, 0.3) is 10.0 Å². The van der Waals surface area contributed by atoms with E-state index in [2.05, 4.69) is 5.32 Å². The van der Waals surface area contributed by atoms with E-state index in [0.29, 0.717) is 10.7 Å². The van der Waals surface area contributed by atoms with E-state index in [-0.39, 0.29) is 11.3 Å². The number of hydrogen-bond acceptors (Lipinski definition) is 4. The summed E-state index contributed by atoms with van der Waals surface area (Å²) in [6, 6.07) is 21.3. The maximum atomic E-state index is 13.2. The number of urea groups is 1. The molecule has 0 saturated carbocycles. The predicted molar refractivity (Wildman–Crippen MR) is 124 cm³/mol. The molecular formula is C23H22ClN3O4S. The standard InChI is InChI=1S/C23H22ClN3O4S/c1-27(19-14-12-18(24)13-15-19)22(28)21(16-17-8-4-2-5-9-17)25-23(29)26-32(30,31)20-10-6-3-7-11-20/h2-15,21H,16H2,1H3,(H2,25,26,29). The van der Waals surface area contributed by atoms with E-state index in [4.69, 9.17) is 11.6 Å². The van der Waals surface area contributed by atoms with Crippen LogP contribution >= 0.6 is 11.6 Å². The predicted octanol–water partition coefficient (Wildman–Crippen LogP) is 3.60. The van der Waals surface area contributed by atoms with Crippen LogP contribution in [0.5, 0.6) is 0 Å². The zero-order chi connectivity index (χ0) is 23.1. The summed E-state index contributed by atoms with van der Waals surface area (Å²) >= 11 is 5.92. The van der Waals surface area contributed by atoms with E-state index in [0.717, 1.165) is 5.56 Å². The molecule has 0 spiro atoms. The minimum Gasteiger partial charge on any atom is -0.325 e. The second-order valence-electron chi connectivity index (χ2n) is 7.01. The van der Waals surface area contributed by atoms with Crippen molar-refractivity contribution >= 4 is 39.2 Å². The minimum atomic E-state index is -4.08. The number of carbonyl (C=O) groups excluding carboxylic acids is 2. The summed E-state index contributed by atoms with van der Waals surface area (Å²) in [5.74, 6) is -0.413. The first kappa shape index (κ1) is 23.3. The Labute approximate surface area is 192 Å². The molecule has 3 rings (SSSR count). The van der Waals surface area contributed by atoms with Crippen molar-refractivity contribution in [3.8, 4) is 0 Å². The van der Waals surface area contributed by atoms with Crippen LogP contribution in [-0.4, -0.2) is 33.4 Å². The Morgan fingerprint density at radius 3 is 2.06 bits per heavy atom. The van der Waals surface area contributed by atoms with Gasteiger partial charge in [0, 0.05) is 24.2 Å². The van der Waals surface area contributed by atoms with E-state index in [9.17, 15) is 18.0 Å². The molecule has 0 aliphatic heterocycles. The average molecular weight is 472 g/mol. The van der Waals surface area contributed by atoms with Gasteiger partial charge in [0.2, 0.25) is 5.91 Å². The summed E-state index contributed by atoms with van der Waals surface area (Å²) in [4.78, 5) is 27.1. The van der Waals surface area contributed by atoms with Gasteiger partial charge in [0.05, 0.1) is 4.90 Å². The number of hydrogen-bond donors (Lipinski definition) is 2. The van der Waals surface area contributed by atoms with Crippen LogP contribution in [-0.2, 0) is 21.2 Å². The van der Waals surface area contributed by atoms with E-state index in [1.54, 1.807) is 49.5 Å². The Hall–Kier alpha value is -3.36. The third kappa shape index (κ3) is 6.09. The molecule has 0 heterocycles. The summed E-state index contributed by atoms with van der Waals surface area (Å²) in [5, 5.41) is 3.03. The first-order valence-electron chi connectivity index (χ1n) is 9.72. The molecule has 0 radical (unpaired) electrons. The maximum Gasteiger partial charge on any atom is 0.329 e. The third-order valence-electron chi connectivity index (χ3n) is 4.71. The monoisotopic (exact) mass is 471 g/mol. The highest BCUT2D eigenvalue weighted by Crippen LogP contribution is 2.18. The highest BCUT2D eigenvalue weighted by Gasteiger charge is 2.27. The lowest BCUT2D eigenvalue weighted by Crippen LogP contribution is -2.52. The van der Waals surface area contributed by atoms with Crippen LogP contribution in [0.4, 0.5) is 10.5 Å². The fraction of sp³-hybridized carbons (Fsp3) is 0.130. The normalized spacial score (nSPS) is 11.9. The van der Waals surface area contributed by atoms with Crippen LogP contribution < -0.4 is 14.9 Å². The Balaban J connectivity index is 1.80. The molecule has 2 N–H and O–H groups in total. The number of rotatable bonds is 7.